The average Bonchev–Trinajstić information content (AvgIpc) is 3.06. The van der Waals surface area contributed by atoms with Crippen LogP contribution in [0.25, 0.3) is 0 Å². The predicted octanol–water partition coefficient (Wildman–Crippen LogP) is 7.88. The molecule has 4 fully saturated rings. The summed E-state index contributed by atoms with van der Waals surface area (Å²) in [6.45, 7) is 19.2. The fourth-order valence-electron chi connectivity index (χ4n) is 9.59. The molecule has 0 spiro atoms. The molecule has 0 aliphatic heterocycles. The van der Waals surface area contributed by atoms with Gasteiger partial charge >= 0.3 is 0 Å². The molecular weight excluding hydrogens is 364 g/mol. The molecule has 6 unspecified atom stereocenters. The molecule has 0 aromatic rings. The molecular formula is C29H50O. The van der Waals surface area contributed by atoms with Crippen molar-refractivity contribution in [3.63, 3.8) is 0 Å². The van der Waals surface area contributed by atoms with Gasteiger partial charge in [-0.3, -0.25) is 0 Å². The summed E-state index contributed by atoms with van der Waals surface area (Å²) in [5, 5.41) is 10.5. The Labute approximate surface area is 187 Å². The fraction of sp³-hybridized carbons (Fsp3) is 0.931. The van der Waals surface area contributed by atoms with Crippen LogP contribution in [-0.2, 0) is 0 Å². The van der Waals surface area contributed by atoms with E-state index in [0.29, 0.717) is 22.7 Å². The van der Waals surface area contributed by atoms with E-state index in [1.165, 1.54) is 63.4 Å². The summed E-state index contributed by atoms with van der Waals surface area (Å²) >= 11 is 0. The van der Waals surface area contributed by atoms with Gasteiger partial charge in [0.05, 0.1) is 6.10 Å². The van der Waals surface area contributed by atoms with Crippen LogP contribution in [0.2, 0.25) is 0 Å². The monoisotopic (exact) mass is 414 g/mol. The summed E-state index contributed by atoms with van der Waals surface area (Å²) < 4.78 is 0. The molecule has 10 atom stereocenters. The lowest BCUT2D eigenvalue weighted by molar-refractivity contribution is -0.149. The summed E-state index contributed by atoms with van der Waals surface area (Å²) in [5.41, 5.74) is 2.51. The lowest BCUT2D eigenvalue weighted by Crippen LogP contribution is -2.56. The van der Waals surface area contributed by atoms with E-state index in [0.717, 1.165) is 41.9 Å². The van der Waals surface area contributed by atoms with Crippen LogP contribution < -0.4 is 0 Å². The van der Waals surface area contributed by atoms with Crippen LogP contribution in [0.15, 0.2) is 12.2 Å². The molecule has 0 aromatic heterocycles. The molecule has 4 saturated carbocycles. The summed E-state index contributed by atoms with van der Waals surface area (Å²) in [6.07, 6.45) is 13.5. The molecule has 0 saturated heterocycles. The zero-order valence-electron chi connectivity index (χ0n) is 20.9. The highest BCUT2D eigenvalue weighted by Crippen LogP contribution is 2.68. The Hall–Kier alpha value is -0.300. The summed E-state index contributed by atoms with van der Waals surface area (Å²) in [7, 11) is 0. The Bertz CT molecular complexity index is 636. The first-order chi connectivity index (χ1) is 14.1. The normalized spacial score (nSPS) is 49.3. The van der Waals surface area contributed by atoms with E-state index in [4.69, 9.17) is 0 Å². The third-order valence-electron chi connectivity index (χ3n) is 11.7. The van der Waals surface area contributed by atoms with Crippen LogP contribution in [0.1, 0.15) is 106 Å². The van der Waals surface area contributed by atoms with Gasteiger partial charge in [0.15, 0.2) is 0 Å². The van der Waals surface area contributed by atoms with Crippen molar-refractivity contribution in [2.75, 3.05) is 0 Å². The molecule has 0 radical (unpaired) electrons. The Balaban J connectivity index is 1.48. The maximum Gasteiger partial charge on any atom is 0.0568 e. The second kappa shape index (κ2) is 8.24. The number of aliphatic hydroxyl groups excluding tert-OH is 1. The van der Waals surface area contributed by atoms with Crippen molar-refractivity contribution in [1.29, 1.82) is 0 Å². The standard InChI is InChI=1S/C29H50O/c1-18(2)19(3)8-9-20(4)23-12-13-25-22-10-11-24-21(5)27(30)15-17-29(24,7)26(22)14-16-28(23,25)6/h18,20-27,30H,3,8-17H2,1-2,4-7H3/t20?,21?,22?,23-,24?,25?,26?,27+,28-,29+/m1/s1. The zero-order valence-corrected chi connectivity index (χ0v) is 20.9. The molecule has 4 aliphatic rings. The highest BCUT2D eigenvalue weighted by molar-refractivity contribution is 5.10. The Morgan fingerprint density at radius 1 is 0.900 bits per heavy atom. The van der Waals surface area contributed by atoms with Gasteiger partial charge in [-0.05, 0) is 122 Å². The first-order valence-corrected chi connectivity index (χ1v) is 13.4. The van der Waals surface area contributed by atoms with Crippen LogP contribution in [-0.4, -0.2) is 11.2 Å². The van der Waals surface area contributed by atoms with Crippen molar-refractivity contribution in [3.8, 4) is 0 Å². The second-order valence-corrected chi connectivity index (χ2v) is 13.1. The maximum atomic E-state index is 10.5. The molecule has 4 rings (SSSR count). The van der Waals surface area contributed by atoms with Gasteiger partial charge in [0.25, 0.3) is 0 Å². The van der Waals surface area contributed by atoms with Crippen molar-refractivity contribution in [1.82, 2.24) is 0 Å². The van der Waals surface area contributed by atoms with Crippen molar-refractivity contribution < 1.29 is 5.11 Å². The summed E-state index contributed by atoms with van der Waals surface area (Å²) in [5.74, 6) is 6.47. The van der Waals surface area contributed by atoms with Crippen molar-refractivity contribution in [2.24, 2.45) is 58.2 Å². The lowest BCUT2D eigenvalue weighted by atomic mass is 9.43. The third-order valence-corrected chi connectivity index (χ3v) is 11.7. The topological polar surface area (TPSA) is 20.2 Å². The van der Waals surface area contributed by atoms with E-state index in [9.17, 15) is 5.11 Å². The zero-order chi connectivity index (χ0) is 21.8. The van der Waals surface area contributed by atoms with Crippen molar-refractivity contribution in [3.05, 3.63) is 12.2 Å². The first-order valence-electron chi connectivity index (χ1n) is 13.4. The van der Waals surface area contributed by atoms with E-state index in [-0.39, 0.29) is 6.10 Å². The minimum atomic E-state index is -0.0502. The third kappa shape index (κ3) is 3.54. The van der Waals surface area contributed by atoms with Crippen LogP contribution in [0, 0.1) is 58.2 Å². The Kier molecular flexibility index (Phi) is 6.28. The summed E-state index contributed by atoms with van der Waals surface area (Å²) in [6, 6.07) is 0. The smallest absolute Gasteiger partial charge is 0.0568 e. The molecule has 0 heterocycles. The highest BCUT2D eigenvalue weighted by Gasteiger charge is 2.61. The summed E-state index contributed by atoms with van der Waals surface area (Å²) in [4.78, 5) is 0. The van der Waals surface area contributed by atoms with Crippen LogP contribution >= 0.6 is 0 Å². The Morgan fingerprint density at radius 3 is 2.23 bits per heavy atom. The van der Waals surface area contributed by atoms with Gasteiger partial charge in [-0.2, -0.15) is 0 Å². The maximum absolute atomic E-state index is 10.5. The molecule has 172 valence electrons. The second-order valence-electron chi connectivity index (χ2n) is 13.1. The molecule has 1 nitrogen and oxygen atoms in total. The first kappa shape index (κ1) is 22.9. The quantitative estimate of drug-likeness (QED) is 0.454. The average molecular weight is 415 g/mol. The molecule has 1 N–H and O–H groups in total. The Morgan fingerprint density at radius 2 is 1.53 bits per heavy atom. The highest BCUT2D eigenvalue weighted by atomic mass is 16.3. The van der Waals surface area contributed by atoms with E-state index < -0.39 is 0 Å². The molecule has 1 heteroatoms. The van der Waals surface area contributed by atoms with Gasteiger partial charge in [-0.15, -0.1) is 0 Å². The minimum Gasteiger partial charge on any atom is -0.393 e. The van der Waals surface area contributed by atoms with Gasteiger partial charge in [-0.25, -0.2) is 0 Å². The van der Waals surface area contributed by atoms with Gasteiger partial charge in [-0.1, -0.05) is 53.7 Å². The molecule has 0 aromatic carbocycles. The molecule has 4 aliphatic carbocycles. The molecule has 0 bridgehead atoms. The van der Waals surface area contributed by atoms with Crippen LogP contribution in [0.4, 0.5) is 0 Å². The van der Waals surface area contributed by atoms with Gasteiger partial charge in [0.2, 0.25) is 0 Å². The van der Waals surface area contributed by atoms with E-state index in [1.807, 2.05) is 0 Å². The van der Waals surface area contributed by atoms with E-state index >= 15 is 0 Å². The van der Waals surface area contributed by atoms with Crippen molar-refractivity contribution in [2.45, 2.75) is 112 Å². The number of aliphatic hydroxyl groups is 1. The molecule has 30 heavy (non-hydrogen) atoms. The van der Waals surface area contributed by atoms with Gasteiger partial charge in [0, 0.05) is 0 Å². The van der Waals surface area contributed by atoms with Gasteiger partial charge < -0.3 is 5.11 Å². The van der Waals surface area contributed by atoms with Crippen LogP contribution in [0.5, 0.6) is 0 Å². The predicted molar refractivity (Wildman–Crippen MR) is 128 cm³/mol. The molecule has 0 amide bonds. The largest absolute Gasteiger partial charge is 0.393 e. The number of rotatable bonds is 5. The number of hydrogen-bond donors (Lipinski definition) is 1. The van der Waals surface area contributed by atoms with Gasteiger partial charge in [0.1, 0.15) is 0 Å². The van der Waals surface area contributed by atoms with Crippen molar-refractivity contribution >= 4 is 0 Å². The number of allylic oxidation sites excluding steroid dienone is 1. The van der Waals surface area contributed by atoms with Crippen LogP contribution in [0.3, 0.4) is 0 Å². The minimum absolute atomic E-state index is 0.0502. The fourth-order valence-corrected chi connectivity index (χ4v) is 9.59. The number of hydrogen-bond acceptors (Lipinski definition) is 1. The SMILES string of the molecule is C=C(CCC(C)[C@H]1CCC2C3CCC4C(C)[C@@H](O)CC[C@]4(C)C3CC[C@@]21C)C(C)C. The number of fused-ring (bicyclic) bond motifs is 5. The lowest BCUT2D eigenvalue weighted by Gasteiger charge is -2.62. The van der Waals surface area contributed by atoms with E-state index in [1.54, 1.807) is 0 Å². The van der Waals surface area contributed by atoms with E-state index in [2.05, 4.69) is 48.1 Å².